The zero-order valence-corrected chi connectivity index (χ0v) is 11.3. The second-order valence-electron chi connectivity index (χ2n) is 4.19. The van der Waals surface area contributed by atoms with Crippen molar-refractivity contribution in [1.82, 2.24) is 15.5 Å². The largest absolute Gasteiger partial charge is 0.383 e. The van der Waals surface area contributed by atoms with Crippen molar-refractivity contribution in [3.05, 3.63) is 0 Å². The van der Waals surface area contributed by atoms with Crippen LogP contribution in [0.15, 0.2) is 0 Å². The number of carbonyl (C=O) groups excluding carboxylic acids is 1. The summed E-state index contributed by atoms with van der Waals surface area (Å²) in [5.41, 5.74) is 0. The van der Waals surface area contributed by atoms with Gasteiger partial charge in [-0.1, -0.05) is 0 Å². The lowest BCUT2D eigenvalue weighted by Gasteiger charge is -2.34. The number of methoxy groups -OCH3 is 1. The molecular weight excluding hydrogens is 238 g/mol. The van der Waals surface area contributed by atoms with Crippen molar-refractivity contribution in [2.75, 3.05) is 33.4 Å². The Hall–Kier alpha value is -0.880. The zero-order chi connectivity index (χ0) is 12.7. The highest BCUT2D eigenvalue weighted by atomic mass is 32.1. The molecule has 0 aliphatic carbocycles. The number of rotatable bonds is 4. The molecule has 2 N–H and O–H groups in total. The molecule has 0 aromatic rings. The van der Waals surface area contributed by atoms with Crippen LogP contribution in [0.2, 0.25) is 0 Å². The fourth-order valence-electron chi connectivity index (χ4n) is 1.89. The van der Waals surface area contributed by atoms with Crippen molar-refractivity contribution in [2.45, 2.75) is 25.8 Å². The van der Waals surface area contributed by atoms with E-state index in [0.717, 1.165) is 37.6 Å². The van der Waals surface area contributed by atoms with Gasteiger partial charge in [0, 0.05) is 39.7 Å². The van der Waals surface area contributed by atoms with Gasteiger partial charge in [-0.3, -0.25) is 4.79 Å². The quantitative estimate of drug-likeness (QED) is 0.554. The van der Waals surface area contributed by atoms with Crippen molar-refractivity contribution < 1.29 is 9.53 Å². The van der Waals surface area contributed by atoms with E-state index in [2.05, 4.69) is 15.5 Å². The van der Waals surface area contributed by atoms with Crippen molar-refractivity contribution in [2.24, 2.45) is 0 Å². The molecule has 1 fully saturated rings. The lowest BCUT2D eigenvalue weighted by atomic mass is 10.1. The number of hydrogen-bond donors (Lipinski definition) is 2. The molecule has 1 aliphatic rings. The van der Waals surface area contributed by atoms with Gasteiger partial charge in [-0.15, -0.1) is 0 Å². The molecule has 1 amide bonds. The summed E-state index contributed by atoms with van der Waals surface area (Å²) in [6, 6.07) is 0.297. The smallest absolute Gasteiger partial charge is 0.217 e. The third-order valence-electron chi connectivity index (χ3n) is 2.77. The van der Waals surface area contributed by atoms with Gasteiger partial charge in [-0.2, -0.15) is 0 Å². The summed E-state index contributed by atoms with van der Waals surface area (Å²) in [6.45, 7) is 4.74. The Morgan fingerprint density at radius 1 is 1.47 bits per heavy atom. The third kappa shape index (κ3) is 5.32. The Morgan fingerprint density at radius 2 is 2.12 bits per heavy atom. The van der Waals surface area contributed by atoms with Crippen LogP contribution in [0, 0.1) is 0 Å². The van der Waals surface area contributed by atoms with Crippen LogP contribution in [0.1, 0.15) is 19.8 Å². The van der Waals surface area contributed by atoms with Gasteiger partial charge in [0.15, 0.2) is 5.11 Å². The molecule has 0 atom stereocenters. The van der Waals surface area contributed by atoms with E-state index in [-0.39, 0.29) is 5.91 Å². The summed E-state index contributed by atoms with van der Waals surface area (Å²) in [5, 5.41) is 6.88. The molecule has 0 radical (unpaired) electrons. The maximum atomic E-state index is 10.9. The summed E-state index contributed by atoms with van der Waals surface area (Å²) < 4.78 is 4.95. The second kappa shape index (κ2) is 7.45. The first-order valence-electron chi connectivity index (χ1n) is 5.92. The highest BCUT2D eigenvalue weighted by molar-refractivity contribution is 7.80. The highest BCUT2D eigenvalue weighted by Gasteiger charge is 2.20. The fourth-order valence-corrected chi connectivity index (χ4v) is 2.17. The molecule has 1 aliphatic heterocycles. The Kier molecular flexibility index (Phi) is 6.21. The topological polar surface area (TPSA) is 53.6 Å². The normalized spacial score (nSPS) is 16.7. The van der Waals surface area contributed by atoms with Crippen LogP contribution in [-0.2, 0) is 9.53 Å². The van der Waals surface area contributed by atoms with Crippen LogP contribution in [0.25, 0.3) is 0 Å². The molecule has 6 heteroatoms. The van der Waals surface area contributed by atoms with E-state index in [0.29, 0.717) is 12.6 Å². The molecule has 0 unspecified atom stereocenters. The summed E-state index contributed by atoms with van der Waals surface area (Å²) in [7, 11) is 1.67. The Morgan fingerprint density at radius 3 is 2.65 bits per heavy atom. The van der Waals surface area contributed by atoms with Crippen LogP contribution in [-0.4, -0.2) is 55.3 Å². The first kappa shape index (κ1) is 14.2. The maximum absolute atomic E-state index is 10.9. The molecule has 1 heterocycles. The number of nitrogens with zero attached hydrogens (tertiary/aromatic N) is 1. The molecule has 0 aromatic carbocycles. The van der Waals surface area contributed by atoms with Gasteiger partial charge in [0.05, 0.1) is 6.61 Å². The third-order valence-corrected chi connectivity index (χ3v) is 3.17. The maximum Gasteiger partial charge on any atom is 0.217 e. The lowest BCUT2D eigenvalue weighted by molar-refractivity contribution is -0.119. The number of amides is 1. The number of ether oxygens (including phenoxy) is 1. The van der Waals surface area contributed by atoms with E-state index in [1.165, 1.54) is 0 Å². The Balaban J connectivity index is 2.21. The van der Waals surface area contributed by atoms with Crippen molar-refractivity contribution >= 4 is 23.2 Å². The lowest BCUT2D eigenvalue weighted by Crippen LogP contribution is -2.49. The highest BCUT2D eigenvalue weighted by Crippen LogP contribution is 2.10. The predicted molar refractivity (Wildman–Crippen MR) is 70.9 cm³/mol. The average molecular weight is 259 g/mol. The summed E-state index contributed by atoms with van der Waals surface area (Å²) in [6.07, 6.45) is 1.90. The van der Waals surface area contributed by atoms with E-state index in [1.807, 2.05) is 0 Å². The van der Waals surface area contributed by atoms with Gasteiger partial charge < -0.3 is 20.3 Å². The number of hydrogen-bond acceptors (Lipinski definition) is 3. The summed E-state index contributed by atoms with van der Waals surface area (Å²) in [4.78, 5) is 13.1. The number of likely N-dealkylation sites (tertiary alicyclic amines) is 1. The van der Waals surface area contributed by atoms with E-state index in [4.69, 9.17) is 17.0 Å². The fraction of sp³-hybridized carbons (Fsp3) is 0.818. The van der Waals surface area contributed by atoms with Crippen LogP contribution < -0.4 is 10.6 Å². The van der Waals surface area contributed by atoms with Crippen LogP contribution >= 0.6 is 12.2 Å². The average Bonchev–Trinajstić information content (AvgIpc) is 2.29. The molecule has 5 nitrogen and oxygen atoms in total. The zero-order valence-electron chi connectivity index (χ0n) is 10.5. The molecule has 1 saturated heterocycles. The number of nitrogens with one attached hydrogen (secondary N) is 2. The second-order valence-corrected chi connectivity index (χ2v) is 4.57. The van der Waals surface area contributed by atoms with E-state index >= 15 is 0 Å². The van der Waals surface area contributed by atoms with Crippen molar-refractivity contribution in [3.8, 4) is 0 Å². The molecule has 0 spiro atoms. The number of carbonyl (C=O) groups is 1. The van der Waals surface area contributed by atoms with E-state index in [1.54, 1.807) is 14.0 Å². The minimum absolute atomic E-state index is 0.0456. The van der Waals surface area contributed by atoms with Crippen molar-refractivity contribution in [3.63, 3.8) is 0 Å². The first-order chi connectivity index (χ1) is 8.13. The number of piperidine rings is 1. The molecule has 0 aromatic heterocycles. The van der Waals surface area contributed by atoms with Crippen LogP contribution in [0.3, 0.4) is 0 Å². The van der Waals surface area contributed by atoms with E-state index in [9.17, 15) is 4.79 Å². The minimum atomic E-state index is 0.0456. The molecule has 0 bridgehead atoms. The Labute approximate surface area is 108 Å². The van der Waals surface area contributed by atoms with Gasteiger partial charge in [0.2, 0.25) is 5.91 Å². The van der Waals surface area contributed by atoms with Crippen LogP contribution in [0.5, 0.6) is 0 Å². The van der Waals surface area contributed by atoms with Gasteiger partial charge in [0.25, 0.3) is 0 Å². The predicted octanol–water partition coefficient (Wildman–Crippen LogP) is 0.108. The van der Waals surface area contributed by atoms with Crippen molar-refractivity contribution in [1.29, 1.82) is 0 Å². The van der Waals surface area contributed by atoms with Gasteiger partial charge in [-0.05, 0) is 25.1 Å². The molecule has 17 heavy (non-hydrogen) atoms. The Bertz CT molecular complexity index is 265. The summed E-state index contributed by atoms with van der Waals surface area (Å²) in [5.74, 6) is 0.0456. The standard InChI is InChI=1S/C11H21N3O2S/c1-9(15)13-10-3-6-14(7-4-10)11(17)12-5-8-16-2/h10H,3-8H2,1-2H3,(H,12,17)(H,13,15). The molecule has 1 rings (SSSR count). The molecule has 98 valence electrons. The van der Waals surface area contributed by atoms with Crippen LogP contribution in [0.4, 0.5) is 0 Å². The van der Waals surface area contributed by atoms with E-state index < -0.39 is 0 Å². The summed E-state index contributed by atoms with van der Waals surface area (Å²) >= 11 is 5.29. The minimum Gasteiger partial charge on any atom is -0.383 e. The van der Waals surface area contributed by atoms with Gasteiger partial charge in [0.1, 0.15) is 0 Å². The first-order valence-corrected chi connectivity index (χ1v) is 6.33. The monoisotopic (exact) mass is 259 g/mol. The van der Waals surface area contributed by atoms with Gasteiger partial charge >= 0.3 is 0 Å². The number of thiocarbonyl (C=S) groups is 1. The SMILES string of the molecule is COCCNC(=S)N1CCC(NC(C)=O)CC1. The molecule has 0 saturated carbocycles. The molecular formula is C11H21N3O2S. The van der Waals surface area contributed by atoms with Gasteiger partial charge in [-0.25, -0.2) is 0 Å².